The summed E-state index contributed by atoms with van der Waals surface area (Å²) in [5, 5.41) is 1.58. The zero-order valence-corrected chi connectivity index (χ0v) is 9.05. The Morgan fingerprint density at radius 3 is 2.12 bits per heavy atom. The van der Waals surface area contributed by atoms with Gasteiger partial charge >= 0.3 is 5.97 Å². The molecule has 0 bridgehead atoms. The van der Waals surface area contributed by atoms with E-state index in [0.29, 0.717) is 26.3 Å². The molecule has 1 saturated heterocycles. The first-order valence-electron chi connectivity index (χ1n) is 4.69. The van der Waals surface area contributed by atoms with E-state index in [4.69, 9.17) is 9.57 Å². The summed E-state index contributed by atoms with van der Waals surface area (Å²) in [7, 11) is 0. The highest BCUT2D eigenvalue weighted by atomic mass is 16.7. The first-order chi connectivity index (χ1) is 7.60. The van der Waals surface area contributed by atoms with Gasteiger partial charge in [0, 0.05) is 6.08 Å². The molecule has 0 spiro atoms. The highest BCUT2D eigenvalue weighted by Gasteiger charge is 2.12. The summed E-state index contributed by atoms with van der Waals surface area (Å²) in [5.41, 5.74) is 4.53. The average Bonchev–Trinajstić information content (AvgIpc) is 2.31. The van der Waals surface area contributed by atoms with E-state index in [9.17, 15) is 9.59 Å². The molecule has 1 heterocycles. The number of nitrogens with two attached hydrogens (primary N) is 1. The van der Waals surface area contributed by atoms with Gasteiger partial charge in [0.1, 0.15) is 0 Å². The first-order valence-corrected chi connectivity index (χ1v) is 4.69. The van der Waals surface area contributed by atoms with E-state index in [1.54, 1.807) is 5.06 Å². The number of hydroxylamine groups is 2. The van der Waals surface area contributed by atoms with E-state index in [-0.39, 0.29) is 0 Å². The molecule has 16 heavy (non-hydrogen) atoms. The Bertz CT molecular complexity index is 260. The van der Waals surface area contributed by atoms with Crippen molar-refractivity contribution in [2.75, 3.05) is 26.3 Å². The Morgan fingerprint density at radius 2 is 1.75 bits per heavy atom. The van der Waals surface area contributed by atoms with Crippen molar-refractivity contribution < 1.29 is 19.2 Å². The van der Waals surface area contributed by atoms with Gasteiger partial charge in [-0.2, -0.15) is 0 Å². The number of amides is 1. The van der Waals surface area contributed by atoms with Gasteiger partial charge in [-0.05, 0) is 6.08 Å². The van der Waals surface area contributed by atoms with E-state index < -0.39 is 11.9 Å². The number of rotatable bonds is 3. The summed E-state index contributed by atoms with van der Waals surface area (Å²) in [4.78, 5) is 25.0. The van der Waals surface area contributed by atoms with Gasteiger partial charge in [0.25, 0.3) is 0 Å². The minimum absolute atomic E-state index is 0.410. The minimum Gasteiger partial charge on any atom is -0.379 e. The van der Waals surface area contributed by atoms with E-state index in [0.717, 1.165) is 12.2 Å². The lowest BCUT2D eigenvalue weighted by Gasteiger charge is -2.24. The molecule has 6 nitrogen and oxygen atoms in total. The maximum Gasteiger partial charge on any atom is 0.349 e. The summed E-state index contributed by atoms with van der Waals surface area (Å²) >= 11 is 0. The van der Waals surface area contributed by atoms with Crippen LogP contribution in [0.2, 0.25) is 0 Å². The number of nitrogens with zero attached hydrogens (tertiary/aromatic N) is 1. The number of carbonyl (C=O) groups is 2. The summed E-state index contributed by atoms with van der Waals surface area (Å²) in [6, 6.07) is 0. The Hall–Kier alpha value is -1.66. The molecule has 0 saturated carbocycles. The molecule has 0 radical (unpaired) electrons. The lowest BCUT2D eigenvalue weighted by molar-refractivity contribution is -0.199. The number of hydrogen-bond donors (Lipinski definition) is 1. The summed E-state index contributed by atoms with van der Waals surface area (Å²) < 4.78 is 5.06. The van der Waals surface area contributed by atoms with E-state index in [2.05, 4.69) is 18.9 Å². The van der Waals surface area contributed by atoms with E-state index >= 15 is 0 Å². The SMILES string of the molecule is C=CC(=O)ON1CCOCC1.C=CC(N)=O. The van der Waals surface area contributed by atoms with Gasteiger partial charge in [0.05, 0.1) is 26.3 Å². The van der Waals surface area contributed by atoms with Crippen molar-refractivity contribution in [2.24, 2.45) is 5.73 Å². The molecule has 0 unspecified atom stereocenters. The molecule has 2 N–H and O–H groups in total. The van der Waals surface area contributed by atoms with Crippen LogP contribution in [-0.2, 0) is 19.2 Å². The van der Waals surface area contributed by atoms with Gasteiger partial charge in [-0.1, -0.05) is 13.2 Å². The first kappa shape index (κ1) is 14.3. The van der Waals surface area contributed by atoms with Crippen LogP contribution in [0.1, 0.15) is 0 Å². The van der Waals surface area contributed by atoms with Crippen LogP contribution in [-0.4, -0.2) is 43.2 Å². The van der Waals surface area contributed by atoms with E-state index in [1.807, 2.05) is 0 Å². The van der Waals surface area contributed by atoms with Crippen LogP contribution in [0.15, 0.2) is 25.3 Å². The predicted molar refractivity (Wildman–Crippen MR) is 58.1 cm³/mol. The topological polar surface area (TPSA) is 81.9 Å². The van der Waals surface area contributed by atoms with Crippen molar-refractivity contribution in [1.82, 2.24) is 5.06 Å². The normalized spacial score (nSPS) is 15.2. The maximum atomic E-state index is 10.7. The molecule has 0 aromatic heterocycles. The Balaban J connectivity index is 0.000000385. The Labute approximate surface area is 94.2 Å². The van der Waals surface area contributed by atoms with Crippen LogP contribution in [0.4, 0.5) is 0 Å². The van der Waals surface area contributed by atoms with Gasteiger partial charge in [-0.15, -0.1) is 5.06 Å². The maximum absolute atomic E-state index is 10.7. The van der Waals surface area contributed by atoms with Crippen LogP contribution < -0.4 is 5.73 Å². The highest BCUT2D eigenvalue weighted by molar-refractivity contribution is 5.85. The van der Waals surface area contributed by atoms with Crippen molar-refractivity contribution in [3.63, 3.8) is 0 Å². The third-order valence-electron chi connectivity index (χ3n) is 1.56. The smallest absolute Gasteiger partial charge is 0.349 e. The fraction of sp³-hybridized carbons (Fsp3) is 0.400. The molecule has 1 aliphatic rings. The molecule has 1 aliphatic heterocycles. The predicted octanol–water partition coefficient (Wildman–Crippen LogP) is -0.379. The standard InChI is InChI=1S/C7H11NO3.C3H5NO/c1-2-7(9)11-8-3-5-10-6-4-8;1-2-3(4)5/h2H,1,3-6H2;2H,1H2,(H2,4,5). The van der Waals surface area contributed by atoms with Crippen LogP contribution in [0.5, 0.6) is 0 Å². The number of primary amides is 1. The number of carbonyl (C=O) groups excluding carboxylic acids is 2. The second-order valence-corrected chi connectivity index (χ2v) is 2.76. The zero-order chi connectivity index (χ0) is 12.4. The van der Waals surface area contributed by atoms with Gasteiger partial charge in [0.15, 0.2) is 0 Å². The number of morpholine rings is 1. The molecule has 0 aromatic rings. The second-order valence-electron chi connectivity index (χ2n) is 2.76. The highest BCUT2D eigenvalue weighted by Crippen LogP contribution is 1.97. The molecule has 0 atom stereocenters. The zero-order valence-electron chi connectivity index (χ0n) is 9.05. The van der Waals surface area contributed by atoms with Gasteiger partial charge in [-0.25, -0.2) is 4.79 Å². The summed E-state index contributed by atoms with van der Waals surface area (Å²) in [6.07, 6.45) is 2.20. The quantitative estimate of drug-likeness (QED) is 0.666. The van der Waals surface area contributed by atoms with Crippen LogP contribution in [0.25, 0.3) is 0 Å². The van der Waals surface area contributed by atoms with Crippen LogP contribution in [0, 0.1) is 0 Å². The molecular weight excluding hydrogens is 212 g/mol. The van der Waals surface area contributed by atoms with Crippen molar-refractivity contribution >= 4 is 11.9 Å². The molecular formula is C10H16N2O4. The molecule has 1 rings (SSSR count). The molecule has 90 valence electrons. The third kappa shape index (κ3) is 7.72. The largest absolute Gasteiger partial charge is 0.379 e. The van der Waals surface area contributed by atoms with Crippen LogP contribution >= 0.6 is 0 Å². The lowest BCUT2D eigenvalue weighted by Crippen LogP contribution is -2.37. The fourth-order valence-electron chi connectivity index (χ4n) is 0.802. The van der Waals surface area contributed by atoms with Gasteiger partial charge in [0.2, 0.25) is 5.91 Å². The Kier molecular flexibility index (Phi) is 7.74. The summed E-state index contributed by atoms with van der Waals surface area (Å²) in [5.74, 6) is -0.892. The Morgan fingerprint density at radius 1 is 1.25 bits per heavy atom. The average molecular weight is 228 g/mol. The molecule has 6 heteroatoms. The van der Waals surface area contributed by atoms with Crippen molar-refractivity contribution in [3.05, 3.63) is 25.3 Å². The van der Waals surface area contributed by atoms with Gasteiger partial charge < -0.3 is 15.3 Å². The molecule has 0 aromatic carbocycles. The second kappa shape index (κ2) is 8.63. The molecule has 1 amide bonds. The fourth-order valence-corrected chi connectivity index (χ4v) is 0.802. The van der Waals surface area contributed by atoms with Gasteiger partial charge in [-0.3, -0.25) is 4.79 Å². The van der Waals surface area contributed by atoms with Crippen LogP contribution in [0.3, 0.4) is 0 Å². The van der Waals surface area contributed by atoms with Crippen molar-refractivity contribution in [2.45, 2.75) is 0 Å². The molecule has 0 aliphatic carbocycles. The number of ether oxygens (including phenoxy) is 1. The monoisotopic (exact) mass is 228 g/mol. The summed E-state index contributed by atoms with van der Waals surface area (Å²) in [6.45, 7) is 8.89. The van der Waals surface area contributed by atoms with Crippen molar-refractivity contribution in [3.8, 4) is 0 Å². The number of hydrogen-bond acceptors (Lipinski definition) is 5. The van der Waals surface area contributed by atoms with Crippen molar-refractivity contribution in [1.29, 1.82) is 0 Å². The van der Waals surface area contributed by atoms with E-state index in [1.165, 1.54) is 0 Å². The lowest BCUT2D eigenvalue weighted by atomic mass is 10.5. The minimum atomic E-state index is -0.481. The third-order valence-corrected chi connectivity index (χ3v) is 1.56. The molecule has 1 fully saturated rings.